The predicted octanol–water partition coefficient (Wildman–Crippen LogP) is 2.66. The number of aromatic nitrogens is 3. The minimum Gasteiger partial charge on any atom is -0.338 e. The molecule has 2 fully saturated rings. The largest absolute Gasteiger partial charge is 0.338 e. The van der Waals surface area contributed by atoms with E-state index in [1.807, 2.05) is 10.7 Å². The highest BCUT2D eigenvalue weighted by atomic mass is 32.2. The number of nitrogens with zero attached hydrogens (tertiary/aromatic N) is 3. The van der Waals surface area contributed by atoms with E-state index < -0.39 is 10.0 Å². The Hall–Kier alpha value is -2.65. The zero-order chi connectivity index (χ0) is 20.0. The van der Waals surface area contributed by atoms with E-state index in [2.05, 4.69) is 15.4 Å². The maximum Gasteiger partial charge on any atom is 0.261 e. The number of fused-ring (bicyclic) bond motifs is 1. The number of sulfonamides is 1. The van der Waals surface area contributed by atoms with E-state index in [0.717, 1.165) is 24.9 Å². The molecule has 0 spiro atoms. The number of hydrogen-bond donors (Lipinski definition) is 2. The summed E-state index contributed by atoms with van der Waals surface area (Å²) in [6.45, 7) is 1.96. The van der Waals surface area contributed by atoms with Crippen molar-refractivity contribution in [3.63, 3.8) is 0 Å². The number of pyridine rings is 1. The normalized spacial score (nSPS) is 17.8. The summed E-state index contributed by atoms with van der Waals surface area (Å²) in [6.07, 6.45) is 5.84. The Morgan fingerprint density at radius 1 is 1.10 bits per heavy atom. The molecule has 3 aromatic rings. The van der Waals surface area contributed by atoms with Crippen molar-refractivity contribution in [1.29, 1.82) is 0 Å². The van der Waals surface area contributed by atoms with Crippen molar-refractivity contribution >= 4 is 32.4 Å². The van der Waals surface area contributed by atoms with E-state index in [1.165, 1.54) is 17.1 Å². The molecule has 1 saturated heterocycles. The fraction of sp³-hybridized carbons (Fsp3) is 0.400. The molecular formula is C20H23N5O3S. The monoisotopic (exact) mass is 413 g/mol. The van der Waals surface area contributed by atoms with Crippen molar-refractivity contribution < 1.29 is 8.42 Å². The van der Waals surface area contributed by atoms with Crippen LogP contribution in [0.15, 0.2) is 46.2 Å². The van der Waals surface area contributed by atoms with Crippen molar-refractivity contribution in [1.82, 2.24) is 19.1 Å². The molecule has 0 atom stereocenters. The summed E-state index contributed by atoms with van der Waals surface area (Å²) in [5.41, 5.74) is 1.29. The van der Waals surface area contributed by atoms with Crippen molar-refractivity contribution in [3.8, 4) is 0 Å². The Morgan fingerprint density at radius 2 is 1.83 bits per heavy atom. The summed E-state index contributed by atoms with van der Waals surface area (Å²) in [5, 5.41) is 8.32. The van der Waals surface area contributed by atoms with Gasteiger partial charge in [0.1, 0.15) is 5.39 Å². The molecule has 8 nitrogen and oxygen atoms in total. The lowest BCUT2D eigenvalue weighted by Gasteiger charge is -2.15. The van der Waals surface area contributed by atoms with E-state index in [4.69, 9.17) is 0 Å². The fourth-order valence-corrected chi connectivity index (χ4v) is 5.35. The van der Waals surface area contributed by atoms with Crippen LogP contribution in [0.2, 0.25) is 0 Å². The zero-order valence-electron chi connectivity index (χ0n) is 16.0. The lowest BCUT2D eigenvalue weighted by Crippen LogP contribution is -2.27. The molecule has 0 bridgehead atoms. The Balaban J connectivity index is 1.44. The van der Waals surface area contributed by atoms with E-state index in [-0.39, 0.29) is 10.5 Å². The number of nitrogens with one attached hydrogen (secondary N) is 2. The maximum atomic E-state index is 12.7. The van der Waals surface area contributed by atoms with E-state index >= 15 is 0 Å². The Labute approximate surface area is 168 Å². The van der Waals surface area contributed by atoms with Gasteiger partial charge in [-0.3, -0.25) is 9.48 Å². The molecule has 1 aliphatic heterocycles. The SMILES string of the molecule is O=c1[nH]ccc2c1c(Nc1ccc(S(=O)(=O)N3CCCC3)cc1)nn2CC1CC1. The van der Waals surface area contributed by atoms with Gasteiger partial charge < -0.3 is 10.3 Å². The van der Waals surface area contributed by atoms with Crippen LogP contribution in [-0.2, 0) is 16.6 Å². The number of hydrogen-bond acceptors (Lipinski definition) is 5. The van der Waals surface area contributed by atoms with Gasteiger partial charge in [-0.1, -0.05) is 0 Å². The lowest BCUT2D eigenvalue weighted by atomic mass is 10.3. The molecule has 2 aromatic heterocycles. The highest BCUT2D eigenvalue weighted by Gasteiger charge is 2.27. The number of benzene rings is 1. The van der Waals surface area contributed by atoms with E-state index in [1.54, 1.807) is 30.5 Å². The molecule has 1 aromatic carbocycles. The number of anilines is 2. The van der Waals surface area contributed by atoms with Crippen molar-refractivity contribution in [2.24, 2.45) is 5.92 Å². The number of aromatic amines is 1. The van der Waals surface area contributed by atoms with Crippen LogP contribution in [0, 0.1) is 5.92 Å². The molecule has 2 N–H and O–H groups in total. The van der Waals surface area contributed by atoms with Crippen LogP contribution in [0.3, 0.4) is 0 Å². The molecule has 152 valence electrons. The van der Waals surface area contributed by atoms with Gasteiger partial charge in [0.2, 0.25) is 10.0 Å². The molecule has 2 aliphatic rings. The molecule has 0 amide bonds. The quantitative estimate of drug-likeness (QED) is 0.647. The van der Waals surface area contributed by atoms with Crippen LogP contribution in [0.5, 0.6) is 0 Å². The second kappa shape index (κ2) is 7.00. The van der Waals surface area contributed by atoms with Crippen LogP contribution in [0.4, 0.5) is 11.5 Å². The van der Waals surface area contributed by atoms with Crippen molar-refractivity contribution in [2.75, 3.05) is 18.4 Å². The molecule has 3 heterocycles. The van der Waals surface area contributed by atoms with Gasteiger partial charge >= 0.3 is 0 Å². The smallest absolute Gasteiger partial charge is 0.261 e. The molecule has 0 radical (unpaired) electrons. The summed E-state index contributed by atoms with van der Waals surface area (Å²) >= 11 is 0. The fourth-order valence-electron chi connectivity index (χ4n) is 3.83. The Bertz CT molecular complexity index is 1200. The first kappa shape index (κ1) is 18.4. The molecule has 0 unspecified atom stereocenters. The van der Waals surface area contributed by atoms with Gasteiger partial charge in [0.05, 0.1) is 10.4 Å². The highest BCUT2D eigenvalue weighted by Crippen LogP contribution is 2.33. The van der Waals surface area contributed by atoms with Crippen molar-refractivity contribution in [3.05, 3.63) is 46.9 Å². The predicted molar refractivity (Wildman–Crippen MR) is 111 cm³/mol. The molecule has 5 rings (SSSR count). The summed E-state index contributed by atoms with van der Waals surface area (Å²) in [6, 6.07) is 8.49. The molecule has 29 heavy (non-hydrogen) atoms. The number of rotatable bonds is 6. The van der Waals surface area contributed by atoms with Gasteiger partial charge in [-0.15, -0.1) is 0 Å². The van der Waals surface area contributed by atoms with Gasteiger partial charge in [-0.25, -0.2) is 8.42 Å². The van der Waals surface area contributed by atoms with Crippen LogP contribution in [0.1, 0.15) is 25.7 Å². The molecule has 1 saturated carbocycles. The molecular weight excluding hydrogens is 390 g/mol. The minimum absolute atomic E-state index is 0.194. The first-order valence-corrected chi connectivity index (χ1v) is 11.4. The van der Waals surface area contributed by atoms with Crippen LogP contribution in [-0.4, -0.2) is 40.6 Å². The third-order valence-corrected chi connectivity index (χ3v) is 7.54. The summed E-state index contributed by atoms with van der Waals surface area (Å²) in [4.78, 5) is 15.4. The van der Waals surface area contributed by atoms with Crippen LogP contribution < -0.4 is 10.9 Å². The maximum absolute atomic E-state index is 12.7. The third kappa shape index (κ3) is 3.44. The second-order valence-electron chi connectivity index (χ2n) is 7.80. The van der Waals surface area contributed by atoms with Crippen molar-refractivity contribution in [2.45, 2.75) is 37.1 Å². The van der Waals surface area contributed by atoms with Gasteiger partial charge in [0.15, 0.2) is 5.82 Å². The van der Waals surface area contributed by atoms with E-state index in [0.29, 0.717) is 35.9 Å². The van der Waals surface area contributed by atoms with Gasteiger partial charge in [-0.05, 0) is 61.9 Å². The number of H-pyrrole nitrogens is 1. The topological polar surface area (TPSA) is 100 Å². The first-order chi connectivity index (χ1) is 14.0. The summed E-state index contributed by atoms with van der Waals surface area (Å²) in [5.74, 6) is 1.11. The Morgan fingerprint density at radius 3 is 2.52 bits per heavy atom. The Kier molecular flexibility index (Phi) is 4.44. The van der Waals surface area contributed by atoms with Gasteiger partial charge in [0, 0.05) is 31.5 Å². The molecule has 9 heteroatoms. The van der Waals surface area contributed by atoms with Crippen LogP contribution in [0.25, 0.3) is 10.9 Å². The second-order valence-corrected chi connectivity index (χ2v) is 9.74. The summed E-state index contributed by atoms with van der Waals surface area (Å²) in [7, 11) is -3.44. The summed E-state index contributed by atoms with van der Waals surface area (Å²) < 4.78 is 28.8. The van der Waals surface area contributed by atoms with Gasteiger partial charge in [-0.2, -0.15) is 9.40 Å². The average molecular weight is 414 g/mol. The van der Waals surface area contributed by atoms with Crippen LogP contribution >= 0.6 is 0 Å². The van der Waals surface area contributed by atoms with Gasteiger partial charge in [0.25, 0.3) is 5.56 Å². The minimum atomic E-state index is -3.44. The molecule has 1 aliphatic carbocycles. The lowest BCUT2D eigenvalue weighted by molar-refractivity contribution is 0.477. The highest BCUT2D eigenvalue weighted by molar-refractivity contribution is 7.89. The first-order valence-electron chi connectivity index (χ1n) is 9.98. The van der Waals surface area contributed by atoms with E-state index in [9.17, 15) is 13.2 Å². The third-order valence-electron chi connectivity index (χ3n) is 5.62. The average Bonchev–Trinajstić information content (AvgIpc) is 3.21. The zero-order valence-corrected chi connectivity index (χ0v) is 16.8. The standard InChI is InChI=1S/C20H23N5O3S/c26-20-18-17(9-10-21-20)25(13-14-3-4-14)23-19(18)22-15-5-7-16(8-6-15)29(27,28)24-11-1-2-12-24/h5-10,14H,1-4,11-13H2,(H,21,26)(H,22,23).